The Kier molecular flexibility index (Phi) is 2.00. The molecule has 0 atom stereocenters. The molecule has 1 aromatic heterocycles. The van der Waals surface area contributed by atoms with Crippen LogP contribution in [0.1, 0.15) is 5.56 Å². The van der Waals surface area contributed by atoms with Gasteiger partial charge < -0.3 is 9.72 Å². The summed E-state index contributed by atoms with van der Waals surface area (Å²) in [6.07, 6.45) is 1.71. The van der Waals surface area contributed by atoms with Crippen LogP contribution < -0.4 is 10.3 Å². The van der Waals surface area contributed by atoms with Crippen LogP contribution in [0.3, 0.4) is 0 Å². The van der Waals surface area contributed by atoms with E-state index in [1.165, 1.54) is 0 Å². The Bertz CT molecular complexity index is 528. The second kappa shape index (κ2) is 3.18. The molecule has 1 heterocycles. The van der Waals surface area contributed by atoms with Crippen molar-refractivity contribution in [3.63, 3.8) is 0 Å². The summed E-state index contributed by atoms with van der Waals surface area (Å²) in [6.45, 7) is 1.98. The summed E-state index contributed by atoms with van der Waals surface area (Å²) in [7, 11) is 1.63. The summed E-state index contributed by atoms with van der Waals surface area (Å²) >= 11 is 0. The van der Waals surface area contributed by atoms with Gasteiger partial charge in [-0.3, -0.25) is 4.79 Å². The topological polar surface area (TPSA) is 42.1 Å². The molecule has 14 heavy (non-hydrogen) atoms. The number of aromatic amines is 1. The van der Waals surface area contributed by atoms with Crippen LogP contribution >= 0.6 is 0 Å². The maximum absolute atomic E-state index is 11.1. The molecule has 0 radical (unpaired) electrons. The molecule has 1 N–H and O–H groups in total. The van der Waals surface area contributed by atoms with Crippen LogP contribution in [0.4, 0.5) is 0 Å². The van der Waals surface area contributed by atoms with Gasteiger partial charge in [0.1, 0.15) is 5.75 Å². The van der Waals surface area contributed by atoms with Gasteiger partial charge in [-0.1, -0.05) is 0 Å². The first-order valence-corrected chi connectivity index (χ1v) is 4.38. The summed E-state index contributed by atoms with van der Waals surface area (Å²) < 4.78 is 5.18. The molecule has 2 rings (SSSR count). The Morgan fingerprint density at radius 3 is 2.71 bits per heavy atom. The number of benzene rings is 1. The lowest BCUT2D eigenvalue weighted by Gasteiger charge is -2.05. The van der Waals surface area contributed by atoms with Gasteiger partial charge >= 0.3 is 0 Å². The Hall–Kier alpha value is -1.77. The summed E-state index contributed by atoms with van der Waals surface area (Å²) in [5, 5.41) is 1.92. The zero-order chi connectivity index (χ0) is 10.1. The fraction of sp³-hybridized carbons (Fsp3) is 0.182. The smallest absolute Gasteiger partial charge is 0.248 e. The minimum absolute atomic E-state index is 0.0941. The first kappa shape index (κ1) is 8.81. The van der Waals surface area contributed by atoms with Crippen LogP contribution in [0.2, 0.25) is 0 Å². The number of H-pyrrole nitrogens is 1. The largest absolute Gasteiger partial charge is 0.496 e. The first-order valence-electron chi connectivity index (χ1n) is 4.38. The van der Waals surface area contributed by atoms with Gasteiger partial charge in [0.05, 0.1) is 7.11 Å². The Labute approximate surface area is 81.3 Å². The standard InChI is InChI=1S/C11H11NO2/c1-7-3-9-6-12-11(13)5-8(9)4-10(7)14-2/h3-6H,1-2H3,(H,12,13). The number of pyridine rings is 1. The molecule has 0 aliphatic carbocycles. The number of fused-ring (bicyclic) bond motifs is 1. The van der Waals surface area contributed by atoms with Gasteiger partial charge in [-0.25, -0.2) is 0 Å². The SMILES string of the molecule is COc1cc2cc(=O)[nH]cc2cc1C. The van der Waals surface area contributed by atoms with Crippen molar-refractivity contribution in [3.05, 3.63) is 40.3 Å². The fourth-order valence-corrected chi connectivity index (χ4v) is 1.53. The normalized spacial score (nSPS) is 10.4. The van der Waals surface area contributed by atoms with Crippen molar-refractivity contribution in [3.8, 4) is 5.75 Å². The van der Waals surface area contributed by atoms with Gasteiger partial charge in [-0.05, 0) is 35.4 Å². The van der Waals surface area contributed by atoms with Crippen molar-refractivity contribution in [1.82, 2.24) is 4.98 Å². The summed E-state index contributed by atoms with van der Waals surface area (Å²) in [4.78, 5) is 13.7. The molecule has 3 heteroatoms. The first-order chi connectivity index (χ1) is 6.70. The molecule has 0 fully saturated rings. The minimum atomic E-state index is -0.0941. The fourth-order valence-electron chi connectivity index (χ4n) is 1.53. The molecular weight excluding hydrogens is 178 g/mol. The number of ether oxygens (including phenoxy) is 1. The van der Waals surface area contributed by atoms with Gasteiger partial charge in [-0.15, -0.1) is 0 Å². The van der Waals surface area contributed by atoms with Crippen LogP contribution in [0.5, 0.6) is 5.75 Å². The van der Waals surface area contributed by atoms with Gasteiger partial charge in [-0.2, -0.15) is 0 Å². The summed E-state index contributed by atoms with van der Waals surface area (Å²) in [6, 6.07) is 5.43. The molecule has 0 spiro atoms. The van der Waals surface area contributed by atoms with E-state index in [1.807, 2.05) is 19.1 Å². The van der Waals surface area contributed by atoms with Gasteiger partial charge in [0, 0.05) is 12.3 Å². The van der Waals surface area contributed by atoms with E-state index in [0.29, 0.717) is 0 Å². The molecule has 0 aliphatic heterocycles. The van der Waals surface area contributed by atoms with Gasteiger partial charge in [0.25, 0.3) is 0 Å². The number of aromatic nitrogens is 1. The molecule has 72 valence electrons. The summed E-state index contributed by atoms with van der Waals surface area (Å²) in [5.41, 5.74) is 0.968. The highest BCUT2D eigenvalue weighted by molar-refractivity contribution is 5.83. The van der Waals surface area contributed by atoms with Crippen molar-refractivity contribution in [2.75, 3.05) is 7.11 Å². The zero-order valence-electron chi connectivity index (χ0n) is 8.13. The molecule has 1 aromatic carbocycles. The van der Waals surface area contributed by atoms with E-state index in [1.54, 1.807) is 19.4 Å². The van der Waals surface area contributed by atoms with E-state index in [9.17, 15) is 4.79 Å². The predicted molar refractivity (Wildman–Crippen MR) is 55.9 cm³/mol. The molecule has 0 unspecified atom stereocenters. The maximum atomic E-state index is 11.1. The highest BCUT2D eigenvalue weighted by Gasteiger charge is 2.01. The quantitative estimate of drug-likeness (QED) is 0.743. The lowest BCUT2D eigenvalue weighted by atomic mass is 10.1. The van der Waals surface area contributed by atoms with Crippen molar-refractivity contribution in [2.45, 2.75) is 6.92 Å². The number of methoxy groups -OCH3 is 1. The van der Waals surface area contributed by atoms with Crippen LogP contribution in [-0.2, 0) is 0 Å². The van der Waals surface area contributed by atoms with Gasteiger partial charge in [0.15, 0.2) is 0 Å². The average molecular weight is 189 g/mol. The predicted octanol–water partition coefficient (Wildman–Crippen LogP) is 1.85. The third-order valence-corrected chi connectivity index (χ3v) is 2.26. The van der Waals surface area contributed by atoms with E-state index >= 15 is 0 Å². The molecule has 0 aliphatic rings. The Balaban J connectivity index is 2.80. The molecule has 0 saturated heterocycles. The lowest BCUT2D eigenvalue weighted by Crippen LogP contribution is -2.01. The highest BCUT2D eigenvalue weighted by atomic mass is 16.5. The second-order valence-corrected chi connectivity index (χ2v) is 3.25. The van der Waals surface area contributed by atoms with E-state index in [0.717, 1.165) is 22.1 Å². The van der Waals surface area contributed by atoms with Crippen molar-refractivity contribution in [1.29, 1.82) is 0 Å². The zero-order valence-corrected chi connectivity index (χ0v) is 8.13. The Morgan fingerprint density at radius 1 is 1.21 bits per heavy atom. The average Bonchev–Trinajstić information content (AvgIpc) is 2.17. The van der Waals surface area contributed by atoms with Gasteiger partial charge in [0.2, 0.25) is 5.56 Å². The molecule has 0 saturated carbocycles. The van der Waals surface area contributed by atoms with Crippen molar-refractivity contribution >= 4 is 10.8 Å². The van der Waals surface area contributed by atoms with E-state index in [2.05, 4.69) is 4.98 Å². The summed E-state index contributed by atoms with van der Waals surface area (Å²) in [5.74, 6) is 0.808. The van der Waals surface area contributed by atoms with Crippen LogP contribution in [0, 0.1) is 6.92 Å². The molecule has 3 nitrogen and oxygen atoms in total. The van der Waals surface area contributed by atoms with Crippen molar-refractivity contribution in [2.24, 2.45) is 0 Å². The third kappa shape index (κ3) is 1.37. The molecule has 0 amide bonds. The third-order valence-electron chi connectivity index (χ3n) is 2.26. The van der Waals surface area contributed by atoms with Crippen molar-refractivity contribution < 1.29 is 4.74 Å². The molecule has 0 bridgehead atoms. The van der Waals surface area contributed by atoms with E-state index in [4.69, 9.17) is 4.74 Å². The second-order valence-electron chi connectivity index (χ2n) is 3.25. The number of rotatable bonds is 1. The van der Waals surface area contributed by atoms with Crippen LogP contribution in [0.15, 0.2) is 29.2 Å². The maximum Gasteiger partial charge on any atom is 0.248 e. The van der Waals surface area contributed by atoms with Crippen LogP contribution in [-0.4, -0.2) is 12.1 Å². The Morgan fingerprint density at radius 2 is 2.00 bits per heavy atom. The number of hydrogen-bond donors (Lipinski definition) is 1. The number of aryl methyl sites for hydroxylation is 1. The highest BCUT2D eigenvalue weighted by Crippen LogP contribution is 2.23. The monoisotopic (exact) mass is 189 g/mol. The van der Waals surface area contributed by atoms with E-state index in [-0.39, 0.29) is 5.56 Å². The molecule has 2 aromatic rings. The number of hydrogen-bond acceptors (Lipinski definition) is 2. The minimum Gasteiger partial charge on any atom is -0.496 e. The van der Waals surface area contributed by atoms with E-state index < -0.39 is 0 Å². The van der Waals surface area contributed by atoms with Crippen LogP contribution in [0.25, 0.3) is 10.8 Å². The molecular formula is C11H11NO2. The number of nitrogens with one attached hydrogen (secondary N) is 1. The lowest BCUT2D eigenvalue weighted by molar-refractivity contribution is 0.412.